The normalized spacial score (nSPS) is 14.8. The van der Waals surface area contributed by atoms with E-state index in [1.807, 2.05) is 12.1 Å². The predicted octanol–water partition coefficient (Wildman–Crippen LogP) is 3.67. The van der Waals surface area contributed by atoms with Gasteiger partial charge in [0.05, 0.1) is 6.42 Å². The summed E-state index contributed by atoms with van der Waals surface area (Å²) in [5.41, 5.74) is 6.11. The quantitative estimate of drug-likeness (QED) is 0.867. The molecule has 0 radical (unpaired) electrons. The SMILES string of the molecule is Cc1ccc(C)c(N2CCN(Cc3ccc(CC(=O)O)cc3)CC2)c1.Cl. The molecule has 1 N–H and O–H groups in total. The number of carbonyl (C=O) groups is 1. The van der Waals surface area contributed by atoms with Crippen LogP contribution in [-0.2, 0) is 17.8 Å². The Balaban J connectivity index is 0.00000243. The third kappa shape index (κ3) is 5.23. The second kappa shape index (κ2) is 9.06. The number of carboxylic acid groups (broad SMARTS) is 1. The Labute approximate surface area is 161 Å². The predicted molar refractivity (Wildman–Crippen MR) is 108 cm³/mol. The first-order valence-corrected chi connectivity index (χ1v) is 8.85. The number of piperazine rings is 1. The second-order valence-corrected chi connectivity index (χ2v) is 6.94. The summed E-state index contributed by atoms with van der Waals surface area (Å²) in [5, 5.41) is 8.84. The van der Waals surface area contributed by atoms with Crippen LogP contribution in [0.15, 0.2) is 42.5 Å². The lowest BCUT2D eigenvalue weighted by Gasteiger charge is -2.37. The molecule has 4 nitrogen and oxygen atoms in total. The molecule has 26 heavy (non-hydrogen) atoms. The molecule has 140 valence electrons. The van der Waals surface area contributed by atoms with E-state index < -0.39 is 5.97 Å². The van der Waals surface area contributed by atoms with Gasteiger partial charge in [-0.15, -0.1) is 12.4 Å². The number of anilines is 1. The standard InChI is InChI=1S/C21H26N2O2.ClH/c1-16-3-4-17(2)20(13-16)23-11-9-22(10-12-23)15-19-7-5-18(6-8-19)14-21(24)25;/h3-8,13H,9-12,14-15H2,1-2H3,(H,24,25);1H. The van der Waals surface area contributed by atoms with E-state index in [2.05, 4.69) is 54.0 Å². The van der Waals surface area contributed by atoms with Gasteiger partial charge in [0, 0.05) is 38.4 Å². The van der Waals surface area contributed by atoms with Crippen LogP contribution in [0.25, 0.3) is 0 Å². The van der Waals surface area contributed by atoms with E-state index in [4.69, 9.17) is 5.11 Å². The van der Waals surface area contributed by atoms with Crippen molar-refractivity contribution in [3.05, 3.63) is 64.7 Å². The van der Waals surface area contributed by atoms with E-state index in [1.54, 1.807) is 0 Å². The van der Waals surface area contributed by atoms with Crippen LogP contribution in [0.4, 0.5) is 5.69 Å². The van der Waals surface area contributed by atoms with Gasteiger partial charge in [0.2, 0.25) is 0 Å². The number of halogens is 1. The first kappa shape index (κ1) is 20.3. The van der Waals surface area contributed by atoms with Gasteiger partial charge >= 0.3 is 5.97 Å². The number of aliphatic carboxylic acids is 1. The largest absolute Gasteiger partial charge is 0.481 e. The second-order valence-electron chi connectivity index (χ2n) is 6.94. The maximum Gasteiger partial charge on any atom is 0.307 e. The number of benzene rings is 2. The van der Waals surface area contributed by atoms with Gasteiger partial charge in [-0.3, -0.25) is 9.69 Å². The Kier molecular flexibility index (Phi) is 7.06. The van der Waals surface area contributed by atoms with Crippen LogP contribution in [0.1, 0.15) is 22.3 Å². The average Bonchev–Trinajstić information content (AvgIpc) is 2.59. The summed E-state index contributed by atoms with van der Waals surface area (Å²) < 4.78 is 0. The molecule has 1 heterocycles. The Morgan fingerprint density at radius 3 is 2.19 bits per heavy atom. The van der Waals surface area contributed by atoms with Crippen molar-refractivity contribution in [1.82, 2.24) is 4.90 Å². The van der Waals surface area contributed by atoms with Crippen LogP contribution in [0.2, 0.25) is 0 Å². The molecule has 1 aliphatic heterocycles. The van der Waals surface area contributed by atoms with Crippen molar-refractivity contribution in [3.8, 4) is 0 Å². The summed E-state index contributed by atoms with van der Waals surface area (Å²) in [4.78, 5) is 15.7. The molecule has 0 saturated carbocycles. The molecule has 0 aliphatic carbocycles. The van der Waals surface area contributed by atoms with E-state index in [0.29, 0.717) is 0 Å². The van der Waals surface area contributed by atoms with Crippen LogP contribution in [-0.4, -0.2) is 42.2 Å². The number of hydrogen-bond acceptors (Lipinski definition) is 3. The number of rotatable bonds is 5. The molecular weight excluding hydrogens is 348 g/mol. The molecule has 0 amide bonds. The lowest BCUT2D eigenvalue weighted by molar-refractivity contribution is -0.136. The smallest absolute Gasteiger partial charge is 0.307 e. The average molecular weight is 375 g/mol. The molecule has 0 aromatic heterocycles. The molecule has 1 saturated heterocycles. The third-order valence-electron chi connectivity index (χ3n) is 4.86. The fourth-order valence-corrected chi connectivity index (χ4v) is 3.40. The highest BCUT2D eigenvalue weighted by atomic mass is 35.5. The number of carboxylic acids is 1. The highest BCUT2D eigenvalue weighted by Crippen LogP contribution is 2.23. The van der Waals surface area contributed by atoms with E-state index in [-0.39, 0.29) is 18.8 Å². The molecule has 1 aliphatic rings. The molecule has 1 fully saturated rings. The van der Waals surface area contributed by atoms with Crippen LogP contribution >= 0.6 is 12.4 Å². The van der Waals surface area contributed by atoms with Crippen LogP contribution < -0.4 is 4.90 Å². The summed E-state index contributed by atoms with van der Waals surface area (Å²) in [6.45, 7) is 9.43. The fraction of sp³-hybridized carbons (Fsp3) is 0.381. The van der Waals surface area contributed by atoms with Crippen molar-refractivity contribution < 1.29 is 9.90 Å². The van der Waals surface area contributed by atoms with Gasteiger partial charge < -0.3 is 10.0 Å². The summed E-state index contributed by atoms with van der Waals surface area (Å²) >= 11 is 0. The number of hydrogen-bond donors (Lipinski definition) is 1. The van der Waals surface area contributed by atoms with Gasteiger partial charge in [0.1, 0.15) is 0 Å². The number of aryl methyl sites for hydroxylation is 2. The van der Waals surface area contributed by atoms with Crippen LogP contribution in [0, 0.1) is 13.8 Å². The van der Waals surface area contributed by atoms with Gasteiger partial charge in [-0.1, -0.05) is 36.4 Å². The Morgan fingerprint density at radius 2 is 1.58 bits per heavy atom. The zero-order valence-electron chi connectivity index (χ0n) is 15.4. The molecule has 0 atom stereocenters. The van der Waals surface area contributed by atoms with Gasteiger partial charge in [-0.2, -0.15) is 0 Å². The first-order valence-electron chi connectivity index (χ1n) is 8.85. The molecule has 2 aromatic rings. The minimum Gasteiger partial charge on any atom is -0.481 e. The van der Waals surface area contributed by atoms with E-state index >= 15 is 0 Å². The zero-order chi connectivity index (χ0) is 17.8. The minimum absolute atomic E-state index is 0. The van der Waals surface area contributed by atoms with Crippen molar-refractivity contribution in [2.75, 3.05) is 31.1 Å². The maximum atomic E-state index is 10.8. The minimum atomic E-state index is -0.782. The molecule has 0 unspecified atom stereocenters. The fourth-order valence-electron chi connectivity index (χ4n) is 3.40. The lowest BCUT2D eigenvalue weighted by Crippen LogP contribution is -2.46. The Bertz CT molecular complexity index is 738. The van der Waals surface area contributed by atoms with Crippen LogP contribution in [0.3, 0.4) is 0 Å². The first-order chi connectivity index (χ1) is 12.0. The van der Waals surface area contributed by atoms with Gasteiger partial charge in [0.15, 0.2) is 0 Å². The molecule has 5 heteroatoms. The molecule has 0 spiro atoms. The molecule has 2 aromatic carbocycles. The highest BCUT2D eigenvalue weighted by molar-refractivity contribution is 5.85. The van der Waals surface area contributed by atoms with Crippen LogP contribution in [0.5, 0.6) is 0 Å². The molecule has 0 bridgehead atoms. The summed E-state index contributed by atoms with van der Waals surface area (Å²) in [6.07, 6.45) is 0.0921. The topological polar surface area (TPSA) is 43.8 Å². The third-order valence-corrected chi connectivity index (χ3v) is 4.86. The Morgan fingerprint density at radius 1 is 0.962 bits per heavy atom. The summed E-state index contributed by atoms with van der Waals surface area (Å²) in [7, 11) is 0. The number of nitrogens with zero attached hydrogens (tertiary/aromatic N) is 2. The molecular formula is C21H27ClN2O2. The lowest BCUT2D eigenvalue weighted by atomic mass is 10.1. The van der Waals surface area contributed by atoms with E-state index in [1.165, 1.54) is 22.4 Å². The van der Waals surface area contributed by atoms with Gasteiger partial charge in [0.25, 0.3) is 0 Å². The highest BCUT2D eigenvalue weighted by Gasteiger charge is 2.18. The van der Waals surface area contributed by atoms with E-state index in [9.17, 15) is 4.79 Å². The van der Waals surface area contributed by atoms with Crippen molar-refractivity contribution in [1.29, 1.82) is 0 Å². The monoisotopic (exact) mass is 374 g/mol. The Hall–Kier alpha value is -2.04. The maximum absolute atomic E-state index is 10.8. The van der Waals surface area contributed by atoms with E-state index in [0.717, 1.165) is 38.3 Å². The van der Waals surface area contributed by atoms with Crippen molar-refractivity contribution in [3.63, 3.8) is 0 Å². The van der Waals surface area contributed by atoms with Gasteiger partial charge in [-0.25, -0.2) is 0 Å². The molecule has 3 rings (SSSR count). The van der Waals surface area contributed by atoms with Crippen molar-refractivity contribution >= 4 is 24.1 Å². The van der Waals surface area contributed by atoms with Gasteiger partial charge in [-0.05, 0) is 42.2 Å². The summed E-state index contributed by atoms with van der Waals surface area (Å²) in [6, 6.07) is 14.6. The van der Waals surface area contributed by atoms with Crippen molar-refractivity contribution in [2.45, 2.75) is 26.8 Å². The zero-order valence-corrected chi connectivity index (χ0v) is 16.3. The van der Waals surface area contributed by atoms with Crippen molar-refractivity contribution in [2.24, 2.45) is 0 Å². The summed E-state index contributed by atoms with van der Waals surface area (Å²) in [5.74, 6) is -0.782.